The summed E-state index contributed by atoms with van der Waals surface area (Å²) in [6.45, 7) is 0. The minimum atomic E-state index is -0.986. The van der Waals surface area contributed by atoms with E-state index in [0.717, 1.165) is 27.9 Å². The molecule has 7 nitrogen and oxygen atoms in total. The van der Waals surface area contributed by atoms with E-state index in [2.05, 4.69) is 12.1 Å². The molecule has 0 fully saturated rings. The van der Waals surface area contributed by atoms with Crippen LogP contribution in [0.2, 0.25) is 0 Å². The van der Waals surface area contributed by atoms with Crippen molar-refractivity contribution in [3.05, 3.63) is 143 Å². The quantitative estimate of drug-likeness (QED) is 0.252. The van der Waals surface area contributed by atoms with Gasteiger partial charge in [0.2, 0.25) is 0 Å². The molecular formula is C34H23N3O4. The molecule has 7 rings (SSSR count). The van der Waals surface area contributed by atoms with Crippen molar-refractivity contribution < 1.29 is 19.5 Å². The third-order valence-electron chi connectivity index (χ3n) is 7.71. The molecule has 41 heavy (non-hydrogen) atoms. The van der Waals surface area contributed by atoms with E-state index < -0.39 is 5.97 Å². The van der Waals surface area contributed by atoms with Gasteiger partial charge in [0.05, 0.1) is 28.7 Å². The maximum atomic E-state index is 13.6. The maximum absolute atomic E-state index is 13.6. The fraction of sp³-hybridized carbons (Fsp3) is 0.0588. The topological polar surface area (TPSA) is 90.3 Å². The SMILES string of the molecule is O=C(O)c1ccc(N2N=C(c3ccc4c5c(cccc35)C(=O)N(c3ccccc3)C4=O)C[C@@H]2c2ccccc2)cc1. The zero-order valence-electron chi connectivity index (χ0n) is 21.8. The molecule has 0 spiro atoms. The lowest BCUT2D eigenvalue weighted by molar-refractivity contribution is 0.0696. The molecule has 5 aromatic carbocycles. The van der Waals surface area contributed by atoms with Gasteiger partial charge in [-0.05, 0) is 59.5 Å². The molecule has 5 aromatic rings. The highest BCUT2D eigenvalue weighted by molar-refractivity contribution is 6.36. The molecule has 0 radical (unpaired) electrons. The van der Waals surface area contributed by atoms with Gasteiger partial charge in [-0.3, -0.25) is 14.6 Å². The molecule has 2 aliphatic heterocycles. The van der Waals surface area contributed by atoms with Crippen LogP contribution in [0.4, 0.5) is 11.4 Å². The molecule has 0 bridgehead atoms. The average Bonchev–Trinajstić information content (AvgIpc) is 3.46. The second-order valence-corrected chi connectivity index (χ2v) is 10.0. The Hall–Kier alpha value is -5.56. The van der Waals surface area contributed by atoms with Crippen molar-refractivity contribution in [2.24, 2.45) is 5.10 Å². The number of amides is 2. The van der Waals surface area contributed by atoms with Crippen molar-refractivity contribution in [1.82, 2.24) is 0 Å². The summed E-state index contributed by atoms with van der Waals surface area (Å²) in [4.78, 5) is 39.9. The summed E-state index contributed by atoms with van der Waals surface area (Å²) < 4.78 is 0. The minimum absolute atomic E-state index is 0.121. The summed E-state index contributed by atoms with van der Waals surface area (Å²) in [7, 11) is 0. The molecule has 0 saturated heterocycles. The Morgan fingerprint density at radius 1 is 0.683 bits per heavy atom. The van der Waals surface area contributed by atoms with Crippen LogP contribution in [0.5, 0.6) is 0 Å². The van der Waals surface area contributed by atoms with Crippen molar-refractivity contribution in [3.8, 4) is 0 Å². The molecule has 0 unspecified atom stereocenters. The van der Waals surface area contributed by atoms with Gasteiger partial charge < -0.3 is 5.11 Å². The number of carbonyl (C=O) groups is 3. The number of carbonyl (C=O) groups excluding carboxylic acids is 2. The lowest BCUT2D eigenvalue weighted by atomic mass is 9.88. The predicted molar refractivity (Wildman–Crippen MR) is 158 cm³/mol. The van der Waals surface area contributed by atoms with Gasteiger partial charge in [-0.25, -0.2) is 9.69 Å². The molecule has 0 aromatic heterocycles. The van der Waals surface area contributed by atoms with Crippen LogP contribution in [-0.4, -0.2) is 28.6 Å². The number of nitrogens with zero attached hydrogens (tertiary/aromatic N) is 3. The van der Waals surface area contributed by atoms with Gasteiger partial charge in [-0.1, -0.05) is 66.7 Å². The summed E-state index contributed by atoms with van der Waals surface area (Å²) in [5.41, 5.74) is 5.19. The van der Waals surface area contributed by atoms with Gasteiger partial charge >= 0.3 is 5.97 Å². The van der Waals surface area contributed by atoms with E-state index in [1.165, 1.54) is 4.90 Å². The average molecular weight is 538 g/mol. The summed E-state index contributed by atoms with van der Waals surface area (Å²) in [5, 5.41) is 17.7. The number of carboxylic acids is 1. The number of benzene rings is 5. The maximum Gasteiger partial charge on any atom is 0.335 e. The lowest BCUT2D eigenvalue weighted by Gasteiger charge is -2.27. The molecule has 2 heterocycles. The number of hydrogen-bond acceptors (Lipinski definition) is 5. The van der Waals surface area contributed by atoms with E-state index in [9.17, 15) is 19.5 Å². The van der Waals surface area contributed by atoms with Crippen LogP contribution >= 0.6 is 0 Å². The monoisotopic (exact) mass is 537 g/mol. The zero-order chi connectivity index (χ0) is 28.1. The van der Waals surface area contributed by atoms with E-state index in [-0.39, 0.29) is 23.4 Å². The van der Waals surface area contributed by atoms with Gasteiger partial charge in [0, 0.05) is 28.5 Å². The number of hydrazone groups is 1. The normalized spacial score (nSPS) is 16.3. The number of hydrogen-bond donors (Lipinski definition) is 1. The van der Waals surface area contributed by atoms with E-state index >= 15 is 0 Å². The van der Waals surface area contributed by atoms with Crippen LogP contribution in [0.15, 0.2) is 120 Å². The first-order valence-electron chi connectivity index (χ1n) is 13.3. The molecule has 7 heteroatoms. The third kappa shape index (κ3) is 3.98. The van der Waals surface area contributed by atoms with Gasteiger partial charge in [-0.2, -0.15) is 5.10 Å². The molecule has 1 N–H and O–H groups in total. The number of rotatable bonds is 5. The summed E-state index contributed by atoms with van der Waals surface area (Å²) in [5.74, 6) is -1.69. The molecule has 198 valence electrons. The van der Waals surface area contributed by atoms with Gasteiger partial charge in [0.1, 0.15) is 0 Å². The Bertz CT molecular complexity index is 1860. The Morgan fingerprint density at radius 3 is 2.00 bits per heavy atom. The summed E-state index contributed by atoms with van der Waals surface area (Å²) in [6.07, 6.45) is 0.585. The first kappa shape index (κ1) is 24.5. The van der Waals surface area contributed by atoms with Crippen LogP contribution in [0, 0.1) is 0 Å². The van der Waals surface area contributed by atoms with E-state index in [1.807, 2.05) is 47.5 Å². The minimum Gasteiger partial charge on any atom is -0.478 e. The highest BCUT2D eigenvalue weighted by atomic mass is 16.4. The summed E-state index contributed by atoms with van der Waals surface area (Å²) >= 11 is 0. The van der Waals surface area contributed by atoms with E-state index in [1.54, 1.807) is 60.7 Å². The molecule has 2 amide bonds. The molecule has 0 aliphatic carbocycles. The second kappa shape index (κ2) is 9.57. The van der Waals surface area contributed by atoms with Gasteiger partial charge in [0.15, 0.2) is 0 Å². The molecular weight excluding hydrogens is 514 g/mol. The van der Waals surface area contributed by atoms with Crippen molar-refractivity contribution in [2.75, 3.05) is 9.91 Å². The van der Waals surface area contributed by atoms with Crippen molar-refractivity contribution in [1.29, 1.82) is 0 Å². The van der Waals surface area contributed by atoms with Crippen LogP contribution < -0.4 is 9.91 Å². The Morgan fingerprint density at radius 2 is 1.32 bits per heavy atom. The smallest absolute Gasteiger partial charge is 0.335 e. The Kier molecular flexibility index (Phi) is 5.71. The molecule has 1 atom stereocenters. The number of anilines is 2. The standard InChI is InChI=1S/C34H23N3O4/c38-32-27-13-7-12-26-25(18-19-28(31(26)27)33(39)36(32)23-10-5-2-6-11-23)29-20-30(21-8-3-1-4-9-21)37(35-29)24-16-14-22(15-17-24)34(40)41/h1-19,30H,20H2,(H,40,41)/t30-/m1/s1. The Labute approximate surface area is 235 Å². The third-order valence-corrected chi connectivity index (χ3v) is 7.71. The van der Waals surface area contributed by atoms with Crippen LogP contribution in [0.25, 0.3) is 10.8 Å². The van der Waals surface area contributed by atoms with Gasteiger partial charge in [0.25, 0.3) is 11.8 Å². The van der Waals surface area contributed by atoms with Crippen LogP contribution in [0.3, 0.4) is 0 Å². The summed E-state index contributed by atoms with van der Waals surface area (Å²) in [6, 6.07) is 34.8. The number of carboxylic acid groups (broad SMARTS) is 1. The molecule has 0 saturated carbocycles. The van der Waals surface area contributed by atoms with Crippen LogP contribution in [0.1, 0.15) is 54.7 Å². The van der Waals surface area contributed by atoms with E-state index in [4.69, 9.17) is 5.10 Å². The lowest BCUT2D eigenvalue weighted by Crippen LogP contribution is -2.40. The van der Waals surface area contributed by atoms with Crippen molar-refractivity contribution in [2.45, 2.75) is 12.5 Å². The van der Waals surface area contributed by atoms with Crippen molar-refractivity contribution >= 4 is 45.6 Å². The number of aromatic carboxylic acids is 1. The first-order chi connectivity index (χ1) is 20.0. The van der Waals surface area contributed by atoms with Crippen LogP contribution in [-0.2, 0) is 0 Å². The number of para-hydroxylation sites is 1. The highest BCUT2D eigenvalue weighted by Crippen LogP contribution is 2.40. The number of imide groups is 1. The predicted octanol–water partition coefficient (Wildman–Crippen LogP) is 6.69. The zero-order valence-corrected chi connectivity index (χ0v) is 21.8. The van der Waals surface area contributed by atoms with Gasteiger partial charge in [-0.15, -0.1) is 0 Å². The van der Waals surface area contributed by atoms with E-state index in [0.29, 0.717) is 28.6 Å². The van der Waals surface area contributed by atoms with Crippen molar-refractivity contribution in [3.63, 3.8) is 0 Å². The fourth-order valence-electron chi connectivity index (χ4n) is 5.76. The highest BCUT2D eigenvalue weighted by Gasteiger charge is 2.36. The Balaban J connectivity index is 1.35. The fourth-order valence-corrected chi connectivity index (χ4v) is 5.76. The first-order valence-corrected chi connectivity index (χ1v) is 13.3. The molecule has 2 aliphatic rings. The largest absolute Gasteiger partial charge is 0.478 e. The second-order valence-electron chi connectivity index (χ2n) is 10.0.